The molecule has 0 saturated heterocycles. The summed E-state index contributed by atoms with van der Waals surface area (Å²) in [6, 6.07) is 0.848. The molecule has 0 atom stereocenters. The standard InChI is InChI=1S/C9H16Cl2Si/c1-2-8-12(10,11)9-6-4-3-5-7-9/h2,9H,1,3-8H2. The fraction of sp³-hybridized carbons (Fsp3) is 0.778. The summed E-state index contributed by atoms with van der Waals surface area (Å²) in [6.07, 6.45) is 8.36. The Morgan fingerprint density at radius 1 is 1.25 bits per heavy atom. The Labute approximate surface area is 85.4 Å². The van der Waals surface area contributed by atoms with Crippen LogP contribution in [-0.2, 0) is 0 Å². The van der Waals surface area contributed by atoms with E-state index in [4.69, 9.17) is 22.2 Å². The average Bonchev–Trinajstić information content (AvgIpc) is 2.06. The molecule has 1 rings (SSSR count). The Morgan fingerprint density at radius 3 is 2.33 bits per heavy atom. The number of halogens is 2. The molecule has 0 amide bonds. The SMILES string of the molecule is C=CC[Si](Cl)(Cl)C1CCCCC1. The lowest BCUT2D eigenvalue weighted by Gasteiger charge is -2.29. The van der Waals surface area contributed by atoms with Crippen molar-refractivity contribution in [2.45, 2.75) is 43.7 Å². The van der Waals surface area contributed by atoms with E-state index in [9.17, 15) is 0 Å². The summed E-state index contributed by atoms with van der Waals surface area (Å²) < 4.78 is 0. The van der Waals surface area contributed by atoms with E-state index in [1.54, 1.807) is 0 Å². The predicted octanol–water partition coefficient (Wildman–Crippen LogP) is 4.43. The maximum Gasteiger partial charge on any atom is 0.257 e. The zero-order valence-corrected chi connectivity index (χ0v) is 9.87. The highest BCUT2D eigenvalue weighted by molar-refractivity contribution is 7.46. The van der Waals surface area contributed by atoms with Gasteiger partial charge in [-0.05, 0) is 11.6 Å². The molecule has 1 aliphatic carbocycles. The molecule has 70 valence electrons. The second-order valence-electron chi connectivity index (χ2n) is 3.59. The van der Waals surface area contributed by atoms with E-state index >= 15 is 0 Å². The summed E-state index contributed by atoms with van der Waals surface area (Å²) in [6.45, 7) is 1.73. The van der Waals surface area contributed by atoms with Crippen molar-refractivity contribution in [1.29, 1.82) is 0 Å². The van der Waals surface area contributed by atoms with Crippen LogP contribution >= 0.6 is 22.2 Å². The topological polar surface area (TPSA) is 0 Å². The van der Waals surface area contributed by atoms with Gasteiger partial charge in [-0.1, -0.05) is 38.2 Å². The van der Waals surface area contributed by atoms with Gasteiger partial charge in [-0.2, -0.15) is 0 Å². The largest absolute Gasteiger partial charge is 0.257 e. The predicted molar refractivity (Wildman–Crippen MR) is 59.3 cm³/mol. The molecule has 1 saturated carbocycles. The maximum absolute atomic E-state index is 6.35. The van der Waals surface area contributed by atoms with E-state index in [1.165, 1.54) is 32.1 Å². The lowest BCUT2D eigenvalue weighted by molar-refractivity contribution is 0.497. The summed E-state index contributed by atoms with van der Waals surface area (Å²) in [7, 11) is 0. The van der Waals surface area contributed by atoms with Gasteiger partial charge in [0.15, 0.2) is 0 Å². The molecule has 3 heteroatoms. The molecule has 0 radical (unpaired) electrons. The quantitative estimate of drug-likeness (QED) is 0.377. The van der Waals surface area contributed by atoms with Crippen molar-refractivity contribution in [1.82, 2.24) is 0 Å². The first-order valence-corrected chi connectivity index (χ1v) is 8.96. The zero-order valence-electron chi connectivity index (χ0n) is 7.36. The fourth-order valence-corrected chi connectivity index (χ4v) is 5.82. The van der Waals surface area contributed by atoms with E-state index in [0.29, 0.717) is 5.54 Å². The van der Waals surface area contributed by atoms with Crippen molar-refractivity contribution in [3.63, 3.8) is 0 Å². The normalized spacial score (nSPS) is 20.8. The molecule has 0 spiro atoms. The summed E-state index contributed by atoms with van der Waals surface area (Å²) in [4.78, 5) is 0. The third kappa shape index (κ3) is 2.79. The van der Waals surface area contributed by atoms with Crippen LogP contribution in [0.15, 0.2) is 12.7 Å². The van der Waals surface area contributed by atoms with Gasteiger partial charge < -0.3 is 0 Å². The highest BCUT2D eigenvalue weighted by Gasteiger charge is 2.37. The van der Waals surface area contributed by atoms with Gasteiger partial charge in [0.25, 0.3) is 6.69 Å². The highest BCUT2D eigenvalue weighted by Crippen LogP contribution is 2.43. The zero-order chi connectivity index (χ0) is 9.03. The van der Waals surface area contributed by atoms with Crippen LogP contribution in [0.25, 0.3) is 0 Å². The smallest absolute Gasteiger partial charge is 0.145 e. The van der Waals surface area contributed by atoms with Crippen molar-refractivity contribution in [3.8, 4) is 0 Å². The lowest BCUT2D eigenvalue weighted by Crippen LogP contribution is -2.27. The van der Waals surface area contributed by atoms with E-state index in [2.05, 4.69) is 6.58 Å². The number of hydrogen-bond acceptors (Lipinski definition) is 0. The molecule has 1 fully saturated rings. The monoisotopic (exact) mass is 222 g/mol. The second-order valence-corrected chi connectivity index (χ2v) is 11.0. The number of hydrogen-bond donors (Lipinski definition) is 0. The van der Waals surface area contributed by atoms with Gasteiger partial charge in [-0.3, -0.25) is 0 Å². The van der Waals surface area contributed by atoms with Crippen LogP contribution in [0.2, 0.25) is 11.6 Å². The average molecular weight is 223 g/mol. The van der Waals surface area contributed by atoms with Gasteiger partial charge in [-0.25, -0.2) is 0 Å². The minimum Gasteiger partial charge on any atom is -0.145 e. The van der Waals surface area contributed by atoms with E-state index in [1.807, 2.05) is 6.08 Å². The number of allylic oxidation sites excluding steroid dienone is 1. The summed E-state index contributed by atoms with van der Waals surface area (Å²) >= 11 is 12.7. The Bertz CT molecular complexity index is 151. The van der Waals surface area contributed by atoms with Gasteiger partial charge in [0.1, 0.15) is 0 Å². The minimum absolute atomic E-state index is 0.618. The van der Waals surface area contributed by atoms with Crippen molar-refractivity contribution in [3.05, 3.63) is 12.7 Å². The van der Waals surface area contributed by atoms with Crippen LogP contribution in [-0.4, -0.2) is 6.69 Å². The van der Waals surface area contributed by atoms with Crippen molar-refractivity contribution in [2.75, 3.05) is 0 Å². The van der Waals surface area contributed by atoms with Gasteiger partial charge in [-0.15, -0.1) is 28.7 Å². The third-order valence-electron chi connectivity index (χ3n) is 2.62. The van der Waals surface area contributed by atoms with Crippen LogP contribution in [0.3, 0.4) is 0 Å². The molecule has 0 aromatic heterocycles. The summed E-state index contributed by atoms with van der Waals surface area (Å²) in [5.74, 6) is 0. The van der Waals surface area contributed by atoms with Gasteiger partial charge in [0.05, 0.1) is 0 Å². The van der Waals surface area contributed by atoms with E-state index in [-0.39, 0.29) is 0 Å². The molecule has 12 heavy (non-hydrogen) atoms. The van der Waals surface area contributed by atoms with Gasteiger partial charge in [0, 0.05) is 0 Å². The maximum atomic E-state index is 6.35. The Morgan fingerprint density at radius 2 is 1.83 bits per heavy atom. The molecule has 0 unspecified atom stereocenters. The molecule has 0 aromatic carbocycles. The molecule has 0 aromatic rings. The van der Waals surface area contributed by atoms with Crippen molar-refractivity contribution >= 4 is 28.9 Å². The van der Waals surface area contributed by atoms with Crippen LogP contribution in [0, 0.1) is 0 Å². The van der Waals surface area contributed by atoms with E-state index in [0.717, 1.165) is 6.04 Å². The summed E-state index contributed by atoms with van der Waals surface area (Å²) in [5, 5.41) is 0. The second kappa shape index (κ2) is 4.68. The molecule has 0 N–H and O–H groups in total. The first kappa shape index (κ1) is 10.6. The molecule has 0 aliphatic heterocycles. The van der Waals surface area contributed by atoms with Crippen LogP contribution in [0.4, 0.5) is 0 Å². The van der Waals surface area contributed by atoms with E-state index < -0.39 is 6.69 Å². The van der Waals surface area contributed by atoms with Crippen molar-refractivity contribution in [2.24, 2.45) is 0 Å². The molecular weight excluding hydrogens is 207 g/mol. The first-order chi connectivity index (χ1) is 5.67. The molecule has 0 bridgehead atoms. The Kier molecular flexibility index (Phi) is 4.14. The van der Waals surface area contributed by atoms with Crippen molar-refractivity contribution < 1.29 is 0 Å². The van der Waals surface area contributed by atoms with Crippen LogP contribution in [0.1, 0.15) is 32.1 Å². The Balaban J connectivity index is 2.47. The molecular formula is C9H16Cl2Si. The molecule has 0 nitrogen and oxygen atoms in total. The number of rotatable bonds is 3. The van der Waals surface area contributed by atoms with Gasteiger partial charge >= 0.3 is 0 Å². The van der Waals surface area contributed by atoms with Gasteiger partial charge in [0.2, 0.25) is 0 Å². The molecule has 1 aliphatic rings. The minimum atomic E-state index is -1.98. The van der Waals surface area contributed by atoms with Crippen LogP contribution < -0.4 is 0 Å². The fourth-order valence-electron chi connectivity index (χ4n) is 1.88. The van der Waals surface area contributed by atoms with Crippen LogP contribution in [0.5, 0.6) is 0 Å². The third-order valence-corrected chi connectivity index (χ3v) is 8.00. The Hall–Kier alpha value is 0.537. The lowest BCUT2D eigenvalue weighted by atomic mass is 10.0. The summed E-state index contributed by atoms with van der Waals surface area (Å²) in [5.41, 5.74) is 0.618. The molecule has 0 heterocycles. The first-order valence-electron chi connectivity index (χ1n) is 4.65. The highest BCUT2D eigenvalue weighted by atomic mass is 35.7.